The van der Waals surface area contributed by atoms with Crippen LogP contribution in [0, 0.1) is 0 Å². The molecule has 2 aromatic carbocycles. The number of ketones is 1. The predicted molar refractivity (Wildman–Crippen MR) is 110 cm³/mol. The SMILES string of the molecule is CC(C)(C)c1cc(C(C)(C)C)cc(C2(C)CCc3ccccc3C2=O)c1. The van der Waals surface area contributed by atoms with Gasteiger partial charge in [0.1, 0.15) is 0 Å². The molecule has 0 spiro atoms. The number of carbonyl (C=O) groups excluding carboxylic acids is 1. The van der Waals surface area contributed by atoms with Gasteiger partial charge in [0.05, 0.1) is 5.41 Å². The zero-order chi connectivity index (χ0) is 19.3. The van der Waals surface area contributed by atoms with Gasteiger partial charge < -0.3 is 0 Å². The second-order valence-corrected chi connectivity index (χ2v) is 10.1. The molecule has 0 fully saturated rings. The molecule has 138 valence electrons. The second kappa shape index (κ2) is 6.08. The van der Waals surface area contributed by atoms with Crippen LogP contribution >= 0.6 is 0 Å². The van der Waals surface area contributed by atoms with E-state index in [4.69, 9.17) is 0 Å². The Morgan fingerprint density at radius 1 is 0.846 bits per heavy atom. The Morgan fingerprint density at radius 2 is 1.38 bits per heavy atom. The Bertz CT molecular complexity index is 813. The summed E-state index contributed by atoms with van der Waals surface area (Å²) in [5.41, 5.74) is 5.56. The van der Waals surface area contributed by atoms with Crippen molar-refractivity contribution in [3.63, 3.8) is 0 Å². The summed E-state index contributed by atoms with van der Waals surface area (Å²) in [4.78, 5) is 13.5. The largest absolute Gasteiger partial charge is 0.293 e. The summed E-state index contributed by atoms with van der Waals surface area (Å²) in [7, 11) is 0. The normalized spacial score (nSPS) is 20.8. The quantitative estimate of drug-likeness (QED) is 0.585. The first kappa shape index (κ1) is 18.9. The standard InChI is InChI=1S/C25H32O/c1-23(2,3)18-14-19(24(4,5)6)16-20(15-18)25(7)13-12-17-10-8-9-11-21(17)22(25)26/h8-11,14-16H,12-13H2,1-7H3. The second-order valence-electron chi connectivity index (χ2n) is 10.1. The molecule has 0 heterocycles. The molecule has 2 aromatic rings. The average molecular weight is 349 g/mol. The number of hydrogen-bond acceptors (Lipinski definition) is 1. The first-order chi connectivity index (χ1) is 11.9. The molecule has 1 aliphatic carbocycles. The zero-order valence-corrected chi connectivity index (χ0v) is 17.4. The van der Waals surface area contributed by atoms with Crippen molar-refractivity contribution < 1.29 is 4.79 Å². The third kappa shape index (κ3) is 3.24. The molecule has 0 N–H and O–H groups in total. The molecule has 0 aliphatic heterocycles. The molecular weight excluding hydrogens is 316 g/mol. The van der Waals surface area contributed by atoms with Crippen molar-refractivity contribution in [2.24, 2.45) is 0 Å². The van der Waals surface area contributed by atoms with Crippen molar-refractivity contribution in [1.82, 2.24) is 0 Å². The van der Waals surface area contributed by atoms with Crippen LogP contribution in [-0.2, 0) is 22.7 Å². The van der Waals surface area contributed by atoms with Gasteiger partial charge in [-0.15, -0.1) is 0 Å². The maximum atomic E-state index is 13.5. The van der Waals surface area contributed by atoms with E-state index in [0.29, 0.717) is 0 Å². The van der Waals surface area contributed by atoms with Crippen molar-refractivity contribution >= 4 is 5.78 Å². The van der Waals surface area contributed by atoms with E-state index in [-0.39, 0.29) is 16.6 Å². The molecule has 0 bridgehead atoms. The van der Waals surface area contributed by atoms with Gasteiger partial charge >= 0.3 is 0 Å². The van der Waals surface area contributed by atoms with E-state index in [0.717, 1.165) is 18.4 Å². The number of hydrogen-bond donors (Lipinski definition) is 0. The number of aryl methyl sites for hydroxylation is 1. The van der Waals surface area contributed by atoms with Crippen molar-refractivity contribution in [2.45, 2.75) is 77.6 Å². The lowest BCUT2D eigenvalue weighted by atomic mass is 9.66. The Labute approximate surface area is 158 Å². The van der Waals surface area contributed by atoms with Crippen molar-refractivity contribution in [3.8, 4) is 0 Å². The van der Waals surface area contributed by atoms with E-state index >= 15 is 0 Å². The van der Waals surface area contributed by atoms with E-state index < -0.39 is 5.41 Å². The fourth-order valence-corrected chi connectivity index (χ4v) is 3.84. The van der Waals surface area contributed by atoms with Crippen LogP contribution < -0.4 is 0 Å². The van der Waals surface area contributed by atoms with Gasteiger partial charge in [-0.05, 0) is 52.8 Å². The molecule has 3 rings (SSSR count). The van der Waals surface area contributed by atoms with Gasteiger partial charge in [0, 0.05) is 5.56 Å². The maximum Gasteiger partial charge on any atom is 0.173 e. The van der Waals surface area contributed by atoms with Crippen LogP contribution in [-0.4, -0.2) is 5.78 Å². The van der Waals surface area contributed by atoms with E-state index in [9.17, 15) is 4.79 Å². The molecule has 0 radical (unpaired) electrons. The van der Waals surface area contributed by atoms with Crippen molar-refractivity contribution in [1.29, 1.82) is 0 Å². The molecule has 0 aromatic heterocycles. The third-order valence-corrected chi connectivity index (χ3v) is 5.96. The number of benzene rings is 2. The molecule has 1 atom stereocenters. The molecule has 1 aliphatic rings. The topological polar surface area (TPSA) is 17.1 Å². The summed E-state index contributed by atoms with van der Waals surface area (Å²) >= 11 is 0. The van der Waals surface area contributed by atoms with E-state index in [1.807, 2.05) is 18.2 Å². The van der Waals surface area contributed by atoms with E-state index in [2.05, 4.69) is 72.7 Å². The van der Waals surface area contributed by atoms with Crippen molar-refractivity contribution in [2.75, 3.05) is 0 Å². The minimum absolute atomic E-state index is 0.0575. The van der Waals surface area contributed by atoms with Crippen LogP contribution in [0.25, 0.3) is 0 Å². The number of carbonyl (C=O) groups is 1. The van der Waals surface area contributed by atoms with Gasteiger partial charge in [0.2, 0.25) is 0 Å². The molecule has 1 heteroatoms. The van der Waals surface area contributed by atoms with Gasteiger partial charge in [0.25, 0.3) is 0 Å². The van der Waals surface area contributed by atoms with Gasteiger partial charge in [-0.3, -0.25) is 4.79 Å². The monoisotopic (exact) mass is 348 g/mol. The van der Waals surface area contributed by atoms with Gasteiger partial charge in [-0.25, -0.2) is 0 Å². The highest BCUT2D eigenvalue weighted by atomic mass is 16.1. The minimum atomic E-state index is -0.449. The lowest BCUT2D eigenvalue weighted by Crippen LogP contribution is -2.38. The Morgan fingerprint density at radius 3 is 1.92 bits per heavy atom. The molecule has 1 unspecified atom stereocenters. The smallest absolute Gasteiger partial charge is 0.173 e. The summed E-state index contributed by atoms with van der Waals surface area (Å²) in [6.07, 6.45) is 1.84. The number of fused-ring (bicyclic) bond motifs is 1. The van der Waals surface area contributed by atoms with Crippen LogP contribution in [0.4, 0.5) is 0 Å². The lowest BCUT2D eigenvalue weighted by molar-refractivity contribution is 0.0875. The Balaban J connectivity index is 2.18. The predicted octanol–water partition coefficient (Wildman–Crippen LogP) is 6.37. The van der Waals surface area contributed by atoms with E-state index in [1.54, 1.807) is 0 Å². The fourth-order valence-electron chi connectivity index (χ4n) is 3.84. The van der Waals surface area contributed by atoms with Gasteiger partial charge in [0.15, 0.2) is 5.78 Å². The Kier molecular flexibility index (Phi) is 4.42. The molecule has 0 saturated heterocycles. The molecule has 0 amide bonds. The van der Waals surface area contributed by atoms with Crippen LogP contribution in [0.3, 0.4) is 0 Å². The highest BCUT2D eigenvalue weighted by Gasteiger charge is 2.40. The Hall–Kier alpha value is -1.89. The molecule has 26 heavy (non-hydrogen) atoms. The van der Waals surface area contributed by atoms with Crippen molar-refractivity contribution in [3.05, 3.63) is 70.3 Å². The number of Topliss-reactive ketones (excluding diaryl/α,β-unsaturated/α-hetero) is 1. The van der Waals surface area contributed by atoms with Gasteiger partial charge in [-0.1, -0.05) is 84.0 Å². The van der Waals surface area contributed by atoms with Gasteiger partial charge in [-0.2, -0.15) is 0 Å². The summed E-state index contributed by atoms with van der Waals surface area (Å²) in [6.45, 7) is 15.6. The minimum Gasteiger partial charge on any atom is -0.293 e. The molecule has 0 saturated carbocycles. The summed E-state index contributed by atoms with van der Waals surface area (Å²) in [5, 5.41) is 0. The third-order valence-electron chi connectivity index (χ3n) is 5.96. The maximum absolute atomic E-state index is 13.5. The molecule has 1 nitrogen and oxygen atoms in total. The summed E-state index contributed by atoms with van der Waals surface area (Å²) in [6, 6.07) is 15.0. The highest BCUT2D eigenvalue weighted by molar-refractivity contribution is 6.06. The highest BCUT2D eigenvalue weighted by Crippen LogP contribution is 2.41. The van der Waals surface area contributed by atoms with Crippen LogP contribution in [0.1, 0.15) is 87.5 Å². The zero-order valence-electron chi connectivity index (χ0n) is 17.4. The summed E-state index contributed by atoms with van der Waals surface area (Å²) < 4.78 is 0. The number of rotatable bonds is 1. The van der Waals surface area contributed by atoms with E-state index in [1.165, 1.54) is 22.3 Å². The summed E-state index contributed by atoms with van der Waals surface area (Å²) in [5.74, 6) is 0.269. The average Bonchev–Trinajstić information content (AvgIpc) is 2.56. The lowest BCUT2D eigenvalue weighted by Gasteiger charge is -2.36. The fraction of sp³-hybridized carbons (Fsp3) is 0.480. The molecular formula is C25H32O. The van der Waals surface area contributed by atoms with Crippen LogP contribution in [0.2, 0.25) is 0 Å². The van der Waals surface area contributed by atoms with Crippen LogP contribution in [0.15, 0.2) is 42.5 Å². The first-order valence-corrected chi connectivity index (χ1v) is 9.72. The van der Waals surface area contributed by atoms with Crippen LogP contribution in [0.5, 0.6) is 0 Å². The first-order valence-electron chi connectivity index (χ1n) is 9.72.